The van der Waals surface area contributed by atoms with Crippen molar-refractivity contribution in [3.63, 3.8) is 0 Å². The lowest BCUT2D eigenvalue weighted by Gasteiger charge is -2.27. The van der Waals surface area contributed by atoms with E-state index in [1.165, 1.54) is 5.56 Å². The molecule has 1 fully saturated rings. The lowest BCUT2D eigenvalue weighted by atomic mass is 9.97. The predicted molar refractivity (Wildman–Crippen MR) is 88.9 cm³/mol. The van der Waals surface area contributed by atoms with Gasteiger partial charge in [0.05, 0.1) is 11.3 Å². The maximum absolute atomic E-state index is 12.4. The first-order valence-electron chi connectivity index (χ1n) is 8.25. The number of pyridine rings is 1. The first kappa shape index (κ1) is 14.5. The van der Waals surface area contributed by atoms with Crippen LogP contribution in [-0.2, 0) is 17.7 Å². The molecule has 1 saturated heterocycles. The van der Waals surface area contributed by atoms with Crippen molar-refractivity contribution in [3.8, 4) is 17.0 Å². The summed E-state index contributed by atoms with van der Waals surface area (Å²) in [6.45, 7) is 4.12. The Balaban J connectivity index is 1.75. The molecular formula is C19H21NO3. The molecule has 0 aliphatic carbocycles. The lowest BCUT2D eigenvalue weighted by molar-refractivity contribution is -0.0161. The zero-order valence-electron chi connectivity index (χ0n) is 13.4. The van der Waals surface area contributed by atoms with Gasteiger partial charge in [0, 0.05) is 31.0 Å². The second-order valence-corrected chi connectivity index (χ2v) is 6.65. The third kappa shape index (κ3) is 2.57. The smallest absolute Gasteiger partial charge is 0.224 e. The van der Waals surface area contributed by atoms with Crippen molar-refractivity contribution in [1.29, 1.82) is 0 Å². The van der Waals surface area contributed by atoms with Gasteiger partial charge in [-0.25, -0.2) is 0 Å². The van der Waals surface area contributed by atoms with Crippen molar-refractivity contribution in [1.82, 2.24) is 4.57 Å². The van der Waals surface area contributed by atoms with Crippen LogP contribution in [0.3, 0.4) is 0 Å². The van der Waals surface area contributed by atoms with Gasteiger partial charge in [-0.05, 0) is 31.7 Å². The minimum atomic E-state index is -0.284. The van der Waals surface area contributed by atoms with Crippen LogP contribution in [-0.4, -0.2) is 23.4 Å². The molecule has 0 bridgehead atoms. The van der Waals surface area contributed by atoms with Gasteiger partial charge in [0.2, 0.25) is 5.43 Å². The summed E-state index contributed by atoms with van der Waals surface area (Å²) in [4.78, 5) is 12.4. The van der Waals surface area contributed by atoms with E-state index in [1.54, 1.807) is 6.07 Å². The quantitative estimate of drug-likeness (QED) is 0.875. The van der Waals surface area contributed by atoms with E-state index in [4.69, 9.17) is 9.47 Å². The first-order chi connectivity index (χ1) is 11.2. The SMILES string of the molecule is CC1(COc2c3n(ccc2=O)CCc2ccccc2-3)CCCO1. The number of hydrogen-bond acceptors (Lipinski definition) is 3. The summed E-state index contributed by atoms with van der Waals surface area (Å²) in [5.41, 5.74) is 2.93. The summed E-state index contributed by atoms with van der Waals surface area (Å²) >= 11 is 0. The Kier molecular flexibility index (Phi) is 3.49. The van der Waals surface area contributed by atoms with Gasteiger partial charge in [-0.15, -0.1) is 0 Å². The van der Waals surface area contributed by atoms with Crippen LogP contribution >= 0.6 is 0 Å². The number of aryl methyl sites for hydroxylation is 2. The van der Waals surface area contributed by atoms with Crippen LogP contribution < -0.4 is 10.2 Å². The summed E-state index contributed by atoms with van der Waals surface area (Å²) in [5, 5.41) is 0. The molecule has 23 heavy (non-hydrogen) atoms. The minimum Gasteiger partial charge on any atom is -0.484 e. The highest BCUT2D eigenvalue weighted by Gasteiger charge is 2.32. The average Bonchev–Trinajstić information content (AvgIpc) is 3.00. The van der Waals surface area contributed by atoms with E-state index in [2.05, 4.69) is 23.6 Å². The van der Waals surface area contributed by atoms with E-state index >= 15 is 0 Å². The van der Waals surface area contributed by atoms with E-state index in [0.717, 1.165) is 43.7 Å². The molecule has 4 rings (SSSR count). The molecule has 3 heterocycles. The number of nitrogens with zero attached hydrogens (tertiary/aromatic N) is 1. The number of rotatable bonds is 3. The highest BCUT2D eigenvalue weighted by molar-refractivity contribution is 5.71. The Hall–Kier alpha value is -2.07. The maximum atomic E-state index is 12.4. The fraction of sp³-hybridized carbons (Fsp3) is 0.421. The molecule has 1 aromatic carbocycles. The highest BCUT2D eigenvalue weighted by atomic mass is 16.5. The Labute approximate surface area is 135 Å². The molecule has 0 saturated carbocycles. The number of fused-ring (bicyclic) bond motifs is 3. The third-order valence-corrected chi connectivity index (χ3v) is 4.85. The van der Waals surface area contributed by atoms with Crippen molar-refractivity contribution in [3.05, 3.63) is 52.3 Å². The number of ether oxygens (including phenoxy) is 2. The van der Waals surface area contributed by atoms with Gasteiger partial charge in [0.1, 0.15) is 6.61 Å². The van der Waals surface area contributed by atoms with Crippen LogP contribution in [0.2, 0.25) is 0 Å². The molecule has 1 atom stereocenters. The van der Waals surface area contributed by atoms with Crippen LogP contribution in [0.1, 0.15) is 25.3 Å². The monoisotopic (exact) mass is 311 g/mol. The Bertz CT molecular complexity index is 787. The van der Waals surface area contributed by atoms with Gasteiger partial charge in [-0.3, -0.25) is 4.79 Å². The predicted octanol–water partition coefficient (Wildman–Crippen LogP) is 3.02. The molecule has 0 spiro atoms. The second-order valence-electron chi connectivity index (χ2n) is 6.65. The molecule has 0 N–H and O–H groups in total. The summed E-state index contributed by atoms with van der Waals surface area (Å²) in [5.74, 6) is 0.455. The first-order valence-corrected chi connectivity index (χ1v) is 8.25. The molecule has 0 radical (unpaired) electrons. The van der Waals surface area contributed by atoms with E-state index in [-0.39, 0.29) is 11.0 Å². The summed E-state index contributed by atoms with van der Waals surface area (Å²) in [6.07, 6.45) is 4.87. The largest absolute Gasteiger partial charge is 0.484 e. The van der Waals surface area contributed by atoms with Gasteiger partial charge >= 0.3 is 0 Å². The molecule has 0 amide bonds. The van der Waals surface area contributed by atoms with Crippen molar-refractivity contribution in [2.24, 2.45) is 0 Å². The highest BCUT2D eigenvalue weighted by Crippen LogP contribution is 2.35. The van der Waals surface area contributed by atoms with Gasteiger partial charge in [-0.2, -0.15) is 0 Å². The maximum Gasteiger partial charge on any atom is 0.224 e. The lowest BCUT2D eigenvalue weighted by Crippen LogP contribution is -2.33. The van der Waals surface area contributed by atoms with Gasteiger partial charge < -0.3 is 14.0 Å². The molecule has 1 aromatic heterocycles. The van der Waals surface area contributed by atoms with Crippen molar-refractivity contribution in [2.75, 3.05) is 13.2 Å². The number of benzene rings is 1. The molecule has 4 heteroatoms. The molecule has 2 aromatic rings. The van der Waals surface area contributed by atoms with Gasteiger partial charge in [-0.1, -0.05) is 24.3 Å². The number of hydrogen-bond donors (Lipinski definition) is 0. The Morgan fingerprint density at radius 1 is 1.30 bits per heavy atom. The zero-order chi connectivity index (χ0) is 15.9. The number of aromatic nitrogens is 1. The topological polar surface area (TPSA) is 40.5 Å². The van der Waals surface area contributed by atoms with Crippen molar-refractivity contribution in [2.45, 2.75) is 38.3 Å². The molecule has 2 aliphatic heterocycles. The normalized spacial score (nSPS) is 22.5. The molecule has 120 valence electrons. The van der Waals surface area contributed by atoms with E-state index in [0.29, 0.717) is 12.4 Å². The fourth-order valence-electron chi connectivity index (χ4n) is 3.54. The second kappa shape index (κ2) is 5.53. The van der Waals surface area contributed by atoms with Crippen LogP contribution in [0.5, 0.6) is 5.75 Å². The summed E-state index contributed by atoms with van der Waals surface area (Å²) in [6, 6.07) is 9.85. The van der Waals surface area contributed by atoms with Crippen molar-refractivity contribution < 1.29 is 9.47 Å². The van der Waals surface area contributed by atoms with Gasteiger partial charge in [0.25, 0.3) is 0 Å². The fourth-order valence-corrected chi connectivity index (χ4v) is 3.54. The molecule has 4 nitrogen and oxygen atoms in total. The minimum absolute atomic E-state index is 0.0606. The summed E-state index contributed by atoms with van der Waals surface area (Å²) in [7, 11) is 0. The Morgan fingerprint density at radius 2 is 2.17 bits per heavy atom. The average molecular weight is 311 g/mol. The van der Waals surface area contributed by atoms with Crippen LogP contribution in [0.4, 0.5) is 0 Å². The van der Waals surface area contributed by atoms with Crippen LogP contribution in [0.15, 0.2) is 41.3 Å². The van der Waals surface area contributed by atoms with E-state index < -0.39 is 0 Å². The summed E-state index contributed by atoms with van der Waals surface area (Å²) < 4.78 is 13.9. The standard InChI is InChI=1S/C19H21NO3/c1-19(9-4-12-23-19)13-22-18-16(21)8-11-20-10-7-14-5-2-3-6-15(14)17(18)20/h2-3,5-6,8,11H,4,7,9-10,12-13H2,1H3. The third-order valence-electron chi connectivity index (χ3n) is 4.85. The molecule has 1 unspecified atom stereocenters. The Morgan fingerprint density at radius 3 is 3.00 bits per heavy atom. The zero-order valence-corrected chi connectivity index (χ0v) is 13.4. The molecule has 2 aliphatic rings. The van der Waals surface area contributed by atoms with E-state index in [9.17, 15) is 4.79 Å². The van der Waals surface area contributed by atoms with E-state index in [1.807, 2.05) is 18.3 Å². The molecular weight excluding hydrogens is 290 g/mol. The van der Waals surface area contributed by atoms with Crippen LogP contribution in [0, 0.1) is 0 Å². The van der Waals surface area contributed by atoms with Crippen molar-refractivity contribution >= 4 is 0 Å². The van der Waals surface area contributed by atoms with Crippen LogP contribution in [0.25, 0.3) is 11.3 Å². The van der Waals surface area contributed by atoms with Gasteiger partial charge in [0.15, 0.2) is 5.75 Å².